The average Bonchev–Trinajstić information content (AvgIpc) is 2.56. The summed E-state index contributed by atoms with van der Waals surface area (Å²) in [5.41, 5.74) is 1.66. The molecule has 0 unspecified atom stereocenters. The summed E-state index contributed by atoms with van der Waals surface area (Å²) in [5.74, 6) is -0.190. The van der Waals surface area contributed by atoms with Crippen LogP contribution in [0.2, 0.25) is 0 Å². The number of amides is 2. The molecule has 0 aromatic heterocycles. The molecule has 136 valence electrons. The average molecular weight is 344 g/mol. The van der Waals surface area contributed by atoms with Crippen LogP contribution in [0.1, 0.15) is 19.4 Å². The van der Waals surface area contributed by atoms with E-state index in [0.717, 1.165) is 44.0 Å². The van der Waals surface area contributed by atoms with Crippen molar-refractivity contribution in [1.82, 2.24) is 15.1 Å². The molecule has 1 aromatic rings. The summed E-state index contributed by atoms with van der Waals surface area (Å²) in [6.07, 6.45) is 3.32. The maximum absolute atomic E-state index is 12.1. The Morgan fingerprint density at radius 2 is 1.80 bits per heavy atom. The first-order chi connectivity index (χ1) is 11.9. The van der Waals surface area contributed by atoms with Crippen molar-refractivity contribution in [2.24, 2.45) is 0 Å². The molecule has 25 heavy (non-hydrogen) atoms. The molecular formula is C19H28N4O2. The largest absolute Gasteiger partial charge is 0.349 e. The van der Waals surface area contributed by atoms with Crippen molar-refractivity contribution in [3.8, 4) is 0 Å². The fourth-order valence-corrected chi connectivity index (χ4v) is 2.81. The Hall–Kier alpha value is -2.18. The van der Waals surface area contributed by atoms with Crippen LogP contribution >= 0.6 is 0 Å². The minimum Gasteiger partial charge on any atom is -0.349 e. The Labute approximate surface area is 149 Å². The van der Waals surface area contributed by atoms with Crippen LogP contribution in [0, 0.1) is 0 Å². The second kappa shape index (κ2) is 9.34. The predicted octanol–water partition coefficient (Wildman–Crippen LogP) is 1.41. The molecular weight excluding hydrogens is 316 g/mol. The van der Waals surface area contributed by atoms with Gasteiger partial charge in [0.1, 0.15) is 0 Å². The van der Waals surface area contributed by atoms with Crippen LogP contribution in [-0.4, -0.2) is 67.4 Å². The van der Waals surface area contributed by atoms with Crippen molar-refractivity contribution >= 4 is 23.6 Å². The van der Waals surface area contributed by atoms with Gasteiger partial charge >= 0.3 is 0 Å². The molecule has 0 radical (unpaired) electrons. The lowest BCUT2D eigenvalue weighted by atomic mass is 10.2. The number of nitrogens with zero attached hydrogens (tertiary/aromatic N) is 2. The first kappa shape index (κ1) is 19.1. The van der Waals surface area contributed by atoms with Crippen molar-refractivity contribution in [2.75, 3.05) is 45.1 Å². The van der Waals surface area contributed by atoms with Crippen molar-refractivity contribution in [3.05, 3.63) is 35.9 Å². The molecule has 1 heterocycles. The van der Waals surface area contributed by atoms with Gasteiger partial charge in [-0.25, -0.2) is 0 Å². The van der Waals surface area contributed by atoms with Crippen molar-refractivity contribution in [2.45, 2.75) is 19.9 Å². The second-order valence-corrected chi connectivity index (χ2v) is 6.65. The molecule has 2 amide bonds. The first-order valence-corrected chi connectivity index (χ1v) is 8.69. The molecule has 0 spiro atoms. The van der Waals surface area contributed by atoms with E-state index in [-0.39, 0.29) is 17.9 Å². The van der Waals surface area contributed by atoms with Gasteiger partial charge in [-0.1, -0.05) is 12.1 Å². The quantitative estimate of drug-likeness (QED) is 0.766. The highest BCUT2D eigenvalue weighted by Gasteiger charge is 2.16. The second-order valence-electron chi connectivity index (χ2n) is 6.65. The highest BCUT2D eigenvalue weighted by molar-refractivity contribution is 5.92. The van der Waals surface area contributed by atoms with Gasteiger partial charge in [0.2, 0.25) is 11.8 Å². The molecule has 0 aliphatic carbocycles. The van der Waals surface area contributed by atoms with Crippen molar-refractivity contribution in [3.63, 3.8) is 0 Å². The molecule has 1 saturated heterocycles. The molecule has 6 nitrogen and oxygen atoms in total. The number of hydrogen-bond acceptors (Lipinski definition) is 4. The maximum Gasteiger partial charge on any atom is 0.244 e. The maximum atomic E-state index is 12.1. The summed E-state index contributed by atoms with van der Waals surface area (Å²) in [6.45, 7) is 8.64. The monoisotopic (exact) mass is 344 g/mol. The zero-order valence-electron chi connectivity index (χ0n) is 15.3. The number of hydrogen-bond donors (Lipinski definition) is 2. The van der Waals surface area contributed by atoms with E-state index in [4.69, 9.17) is 0 Å². The lowest BCUT2D eigenvalue weighted by Gasteiger charge is -2.33. The Balaban J connectivity index is 1.76. The normalized spacial score (nSPS) is 17.4. The van der Waals surface area contributed by atoms with E-state index in [2.05, 4.69) is 27.5 Å². The van der Waals surface area contributed by atoms with Crippen LogP contribution in [0.15, 0.2) is 30.3 Å². The van der Waals surface area contributed by atoms with E-state index in [0.29, 0.717) is 0 Å². The Bertz CT molecular complexity index is 604. The summed E-state index contributed by atoms with van der Waals surface area (Å²) >= 11 is 0. The fourth-order valence-electron chi connectivity index (χ4n) is 2.81. The van der Waals surface area contributed by atoms with E-state index in [1.54, 1.807) is 12.2 Å². The molecule has 1 fully saturated rings. The third-order valence-electron chi connectivity index (χ3n) is 4.17. The molecule has 1 aliphatic heterocycles. The van der Waals surface area contributed by atoms with Crippen LogP contribution in [0.3, 0.4) is 0 Å². The standard InChI is InChI=1S/C19H28N4O2/c1-15(14-23-12-10-22(3)11-13-23)20-19(25)9-6-17-4-7-18(8-5-17)21-16(2)24/h4-9,15H,10-14H2,1-3H3,(H,20,25)(H,21,24)/b9-6-/t15-/m0/s1. The number of piperazine rings is 1. The third-order valence-corrected chi connectivity index (χ3v) is 4.17. The molecule has 0 bridgehead atoms. The number of carbonyl (C=O) groups is 2. The number of nitrogens with one attached hydrogen (secondary N) is 2. The molecule has 1 atom stereocenters. The predicted molar refractivity (Wildman–Crippen MR) is 101 cm³/mol. The molecule has 2 rings (SSSR count). The van der Waals surface area contributed by atoms with Gasteiger partial charge < -0.3 is 15.5 Å². The first-order valence-electron chi connectivity index (χ1n) is 8.69. The lowest BCUT2D eigenvalue weighted by Crippen LogP contribution is -2.49. The Kier molecular flexibility index (Phi) is 7.16. The molecule has 1 aliphatic rings. The minimum absolute atomic E-state index is 0.0902. The zero-order chi connectivity index (χ0) is 18.2. The van der Waals surface area contributed by atoms with Crippen LogP contribution in [0.4, 0.5) is 5.69 Å². The number of benzene rings is 1. The van der Waals surface area contributed by atoms with Crippen LogP contribution < -0.4 is 10.6 Å². The van der Waals surface area contributed by atoms with E-state index in [1.165, 1.54) is 6.92 Å². The van der Waals surface area contributed by atoms with Crippen LogP contribution in [0.25, 0.3) is 6.08 Å². The highest BCUT2D eigenvalue weighted by Crippen LogP contribution is 2.10. The number of rotatable bonds is 6. The van der Waals surface area contributed by atoms with Gasteiger partial charge in [-0.05, 0) is 37.7 Å². The van der Waals surface area contributed by atoms with Gasteiger partial charge in [0.05, 0.1) is 0 Å². The Morgan fingerprint density at radius 1 is 1.16 bits per heavy atom. The minimum atomic E-state index is -0.1000. The SMILES string of the molecule is CC(=O)Nc1ccc(/C=C\C(=O)N[C@@H](C)CN2CCN(C)CC2)cc1. The van der Waals surface area contributed by atoms with Gasteiger partial charge in [-0.2, -0.15) is 0 Å². The number of carbonyl (C=O) groups excluding carboxylic acids is 2. The van der Waals surface area contributed by atoms with Gasteiger partial charge in [0.25, 0.3) is 0 Å². The Morgan fingerprint density at radius 3 is 2.40 bits per heavy atom. The van der Waals surface area contributed by atoms with Gasteiger partial charge in [-0.3, -0.25) is 14.5 Å². The van der Waals surface area contributed by atoms with Crippen molar-refractivity contribution < 1.29 is 9.59 Å². The van der Waals surface area contributed by atoms with Crippen LogP contribution in [0.5, 0.6) is 0 Å². The summed E-state index contributed by atoms with van der Waals surface area (Å²) in [6, 6.07) is 7.47. The van der Waals surface area contributed by atoms with Gasteiger partial charge in [-0.15, -0.1) is 0 Å². The van der Waals surface area contributed by atoms with E-state index < -0.39 is 0 Å². The smallest absolute Gasteiger partial charge is 0.244 e. The van der Waals surface area contributed by atoms with E-state index in [9.17, 15) is 9.59 Å². The summed E-state index contributed by atoms with van der Waals surface area (Å²) < 4.78 is 0. The van der Waals surface area contributed by atoms with Crippen molar-refractivity contribution in [1.29, 1.82) is 0 Å². The van der Waals surface area contributed by atoms with Gasteiger partial charge in [0, 0.05) is 57.5 Å². The van der Waals surface area contributed by atoms with Crippen LogP contribution in [-0.2, 0) is 9.59 Å². The summed E-state index contributed by atoms with van der Waals surface area (Å²) in [7, 11) is 2.13. The molecule has 0 saturated carbocycles. The topological polar surface area (TPSA) is 64.7 Å². The molecule has 6 heteroatoms. The summed E-state index contributed by atoms with van der Waals surface area (Å²) in [5, 5.41) is 5.72. The summed E-state index contributed by atoms with van der Waals surface area (Å²) in [4.78, 5) is 27.7. The lowest BCUT2D eigenvalue weighted by molar-refractivity contribution is -0.117. The molecule has 2 N–H and O–H groups in total. The van der Waals surface area contributed by atoms with Gasteiger partial charge in [0.15, 0.2) is 0 Å². The third kappa shape index (κ3) is 7.07. The van der Waals surface area contributed by atoms with E-state index in [1.807, 2.05) is 31.2 Å². The van der Waals surface area contributed by atoms with E-state index >= 15 is 0 Å². The fraction of sp³-hybridized carbons (Fsp3) is 0.474. The molecule has 1 aromatic carbocycles. The number of anilines is 1. The zero-order valence-corrected chi connectivity index (χ0v) is 15.3. The highest BCUT2D eigenvalue weighted by atomic mass is 16.2. The number of likely N-dealkylation sites (N-methyl/N-ethyl adjacent to an activating group) is 1.